The van der Waals surface area contributed by atoms with E-state index in [9.17, 15) is 8.42 Å². The standard InChI is InChI=1S/C11H17ClN4O3S/c1-11(2)7-19-4-3-16(11)20(17,18)8-5-9(12)10(15-13)14-6-8/h5-6H,3-4,7,13H2,1-2H3,(H,14,15). The van der Waals surface area contributed by atoms with Crippen LogP contribution in [0, 0.1) is 0 Å². The maximum absolute atomic E-state index is 12.7. The number of aromatic nitrogens is 1. The molecule has 3 N–H and O–H groups in total. The summed E-state index contributed by atoms with van der Waals surface area (Å²) in [5, 5.41) is 0.152. The number of hydrogen-bond donors (Lipinski definition) is 2. The maximum atomic E-state index is 12.7. The van der Waals surface area contributed by atoms with E-state index < -0.39 is 15.6 Å². The van der Waals surface area contributed by atoms with Crippen LogP contribution in [0.4, 0.5) is 5.82 Å². The van der Waals surface area contributed by atoms with Gasteiger partial charge in [-0.3, -0.25) is 0 Å². The van der Waals surface area contributed by atoms with Crippen molar-refractivity contribution in [2.75, 3.05) is 25.2 Å². The number of nitrogens with one attached hydrogen (secondary N) is 1. The largest absolute Gasteiger partial charge is 0.378 e. The third-order valence-electron chi connectivity index (χ3n) is 3.11. The smallest absolute Gasteiger partial charge is 0.245 e. The molecule has 7 nitrogen and oxygen atoms in total. The highest BCUT2D eigenvalue weighted by atomic mass is 35.5. The van der Waals surface area contributed by atoms with Crippen LogP contribution in [-0.4, -0.2) is 43.0 Å². The normalized spacial score (nSPS) is 19.8. The molecule has 0 saturated carbocycles. The highest BCUT2D eigenvalue weighted by Gasteiger charge is 2.40. The minimum Gasteiger partial charge on any atom is -0.378 e. The Hall–Kier alpha value is -0.930. The van der Waals surface area contributed by atoms with Gasteiger partial charge in [-0.05, 0) is 19.9 Å². The first-order chi connectivity index (χ1) is 9.29. The number of halogens is 1. The zero-order valence-electron chi connectivity index (χ0n) is 11.3. The molecule has 112 valence electrons. The van der Waals surface area contributed by atoms with Gasteiger partial charge in [-0.15, -0.1) is 0 Å². The van der Waals surface area contributed by atoms with E-state index in [1.165, 1.54) is 16.6 Å². The van der Waals surface area contributed by atoms with E-state index in [4.69, 9.17) is 22.2 Å². The van der Waals surface area contributed by atoms with Gasteiger partial charge in [0.05, 0.1) is 23.8 Å². The summed E-state index contributed by atoms with van der Waals surface area (Å²) in [5.41, 5.74) is 1.68. The number of hydrazine groups is 1. The second kappa shape index (κ2) is 5.45. The highest BCUT2D eigenvalue weighted by Crippen LogP contribution is 2.29. The molecule has 1 fully saturated rings. The number of nitrogens with two attached hydrogens (primary N) is 1. The van der Waals surface area contributed by atoms with E-state index in [0.717, 1.165) is 0 Å². The van der Waals surface area contributed by atoms with Crippen LogP contribution in [0.1, 0.15) is 13.8 Å². The molecule has 2 heterocycles. The molecule has 0 radical (unpaired) electrons. The average Bonchev–Trinajstić information content (AvgIpc) is 2.37. The first kappa shape index (κ1) is 15.5. The lowest BCUT2D eigenvalue weighted by atomic mass is 10.1. The fraction of sp³-hybridized carbons (Fsp3) is 0.545. The molecule has 0 spiro atoms. The van der Waals surface area contributed by atoms with Crippen molar-refractivity contribution in [2.45, 2.75) is 24.3 Å². The lowest BCUT2D eigenvalue weighted by Crippen LogP contribution is -2.55. The summed E-state index contributed by atoms with van der Waals surface area (Å²) >= 11 is 5.93. The Balaban J connectivity index is 2.42. The molecule has 2 rings (SSSR count). The van der Waals surface area contributed by atoms with Gasteiger partial charge >= 0.3 is 0 Å². The van der Waals surface area contributed by atoms with Crippen LogP contribution < -0.4 is 11.3 Å². The summed E-state index contributed by atoms with van der Waals surface area (Å²) in [6, 6.07) is 1.34. The Kier molecular flexibility index (Phi) is 4.22. The van der Waals surface area contributed by atoms with Crippen LogP contribution in [0.3, 0.4) is 0 Å². The molecule has 0 aliphatic carbocycles. The van der Waals surface area contributed by atoms with E-state index in [1.54, 1.807) is 0 Å². The summed E-state index contributed by atoms with van der Waals surface area (Å²) < 4.78 is 32.1. The predicted octanol–water partition coefficient (Wildman–Crippen LogP) is 0.820. The van der Waals surface area contributed by atoms with Crippen molar-refractivity contribution in [1.29, 1.82) is 0 Å². The van der Waals surface area contributed by atoms with Gasteiger partial charge in [0.15, 0.2) is 5.82 Å². The molecular formula is C11H17ClN4O3S. The lowest BCUT2D eigenvalue weighted by Gasteiger charge is -2.40. The van der Waals surface area contributed by atoms with Crippen molar-refractivity contribution in [1.82, 2.24) is 9.29 Å². The Morgan fingerprint density at radius 1 is 1.55 bits per heavy atom. The molecule has 1 aromatic rings. The number of nitrogens with zero attached hydrogens (tertiary/aromatic N) is 2. The third kappa shape index (κ3) is 2.75. The van der Waals surface area contributed by atoms with Gasteiger partial charge in [0.25, 0.3) is 0 Å². The molecule has 0 aromatic carbocycles. The molecule has 1 aromatic heterocycles. The van der Waals surface area contributed by atoms with Crippen molar-refractivity contribution in [2.24, 2.45) is 5.84 Å². The van der Waals surface area contributed by atoms with Crippen LogP contribution in [0.2, 0.25) is 5.02 Å². The zero-order valence-corrected chi connectivity index (χ0v) is 12.8. The molecule has 0 bridgehead atoms. The van der Waals surface area contributed by atoms with Crippen LogP contribution in [0.15, 0.2) is 17.2 Å². The molecule has 1 aliphatic rings. The van der Waals surface area contributed by atoms with Crippen LogP contribution in [-0.2, 0) is 14.8 Å². The van der Waals surface area contributed by atoms with Gasteiger partial charge in [0.1, 0.15) is 4.90 Å². The van der Waals surface area contributed by atoms with Gasteiger partial charge in [0.2, 0.25) is 10.0 Å². The second-order valence-corrected chi connectivity index (χ2v) is 7.36. The Bertz CT molecular complexity index is 606. The average molecular weight is 321 g/mol. The van der Waals surface area contributed by atoms with E-state index in [1.807, 2.05) is 13.8 Å². The monoisotopic (exact) mass is 320 g/mol. The van der Waals surface area contributed by atoms with Crippen molar-refractivity contribution in [3.8, 4) is 0 Å². The van der Waals surface area contributed by atoms with Crippen molar-refractivity contribution >= 4 is 27.4 Å². The van der Waals surface area contributed by atoms with Gasteiger partial charge in [-0.2, -0.15) is 4.31 Å². The van der Waals surface area contributed by atoms with Crippen LogP contribution in [0.5, 0.6) is 0 Å². The van der Waals surface area contributed by atoms with Crippen molar-refractivity contribution < 1.29 is 13.2 Å². The van der Waals surface area contributed by atoms with Gasteiger partial charge < -0.3 is 10.2 Å². The quantitative estimate of drug-likeness (QED) is 0.632. The first-order valence-electron chi connectivity index (χ1n) is 6.02. The SMILES string of the molecule is CC1(C)COCCN1S(=O)(=O)c1cnc(NN)c(Cl)c1. The first-order valence-corrected chi connectivity index (χ1v) is 7.83. The molecule has 0 unspecified atom stereocenters. The topological polar surface area (TPSA) is 97.5 Å². The fourth-order valence-corrected chi connectivity index (χ4v) is 4.10. The number of nitrogen functional groups attached to an aromatic ring is 1. The van der Waals surface area contributed by atoms with Gasteiger partial charge in [-0.25, -0.2) is 19.2 Å². The van der Waals surface area contributed by atoms with E-state index in [0.29, 0.717) is 19.8 Å². The lowest BCUT2D eigenvalue weighted by molar-refractivity contribution is -0.00771. The maximum Gasteiger partial charge on any atom is 0.245 e. The second-order valence-electron chi connectivity index (χ2n) is 5.09. The zero-order chi connectivity index (χ0) is 15.0. The molecule has 20 heavy (non-hydrogen) atoms. The van der Waals surface area contributed by atoms with E-state index in [-0.39, 0.29) is 15.7 Å². The van der Waals surface area contributed by atoms with Gasteiger partial charge in [-0.1, -0.05) is 11.6 Å². The number of anilines is 1. The number of rotatable bonds is 3. The van der Waals surface area contributed by atoms with Crippen molar-refractivity contribution in [3.05, 3.63) is 17.3 Å². The predicted molar refractivity (Wildman–Crippen MR) is 75.8 cm³/mol. The number of ether oxygens (including phenoxy) is 1. The molecule has 9 heteroatoms. The number of hydrogen-bond acceptors (Lipinski definition) is 6. The van der Waals surface area contributed by atoms with Crippen LogP contribution in [0.25, 0.3) is 0 Å². The molecule has 1 aliphatic heterocycles. The van der Waals surface area contributed by atoms with Gasteiger partial charge in [0, 0.05) is 12.7 Å². The number of sulfonamides is 1. The molecular weight excluding hydrogens is 304 g/mol. The summed E-state index contributed by atoms with van der Waals surface area (Å²) in [6.07, 6.45) is 1.24. The Morgan fingerprint density at radius 2 is 2.25 bits per heavy atom. The number of morpholine rings is 1. The Morgan fingerprint density at radius 3 is 2.80 bits per heavy atom. The summed E-state index contributed by atoms with van der Waals surface area (Å²) in [6.45, 7) is 4.63. The summed E-state index contributed by atoms with van der Waals surface area (Å²) in [4.78, 5) is 3.94. The molecule has 0 amide bonds. The van der Waals surface area contributed by atoms with E-state index >= 15 is 0 Å². The van der Waals surface area contributed by atoms with Crippen molar-refractivity contribution in [3.63, 3.8) is 0 Å². The molecule has 0 atom stereocenters. The minimum absolute atomic E-state index is 0.0384. The fourth-order valence-electron chi connectivity index (χ4n) is 2.08. The minimum atomic E-state index is -3.68. The van der Waals surface area contributed by atoms with Crippen LogP contribution >= 0.6 is 11.6 Å². The third-order valence-corrected chi connectivity index (χ3v) is 5.47. The summed E-state index contributed by atoms with van der Waals surface area (Å²) in [7, 11) is -3.68. The Labute approximate surface area is 123 Å². The molecule has 1 saturated heterocycles. The summed E-state index contributed by atoms with van der Waals surface area (Å²) in [5.74, 6) is 5.45. The van der Waals surface area contributed by atoms with E-state index in [2.05, 4.69) is 10.4 Å². The number of pyridine rings is 1. The highest BCUT2D eigenvalue weighted by molar-refractivity contribution is 7.89.